The normalized spacial score (nSPS) is 17.4. The average molecular weight is 463 g/mol. The number of aliphatic carboxylic acids is 1. The maximum Gasteiger partial charge on any atom is 0.407 e. The Balaban J connectivity index is 1.25. The predicted octanol–water partition coefficient (Wildman–Crippen LogP) is 4.16. The van der Waals surface area contributed by atoms with Gasteiger partial charge in [-0.25, -0.2) is 4.79 Å². The van der Waals surface area contributed by atoms with E-state index in [9.17, 15) is 14.4 Å². The monoisotopic (exact) mass is 462 g/mol. The first kappa shape index (κ1) is 22.4. The highest BCUT2D eigenvalue weighted by Gasteiger charge is 2.39. The maximum absolute atomic E-state index is 13.3. The Hall–Kier alpha value is -3.35. The Morgan fingerprint density at radius 1 is 0.971 bits per heavy atom. The van der Waals surface area contributed by atoms with Crippen molar-refractivity contribution in [1.82, 2.24) is 10.2 Å². The summed E-state index contributed by atoms with van der Waals surface area (Å²) in [5.74, 6) is -0.736. The number of amides is 2. The predicted molar refractivity (Wildman–Crippen MR) is 126 cm³/mol. The van der Waals surface area contributed by atoms with Gasteiger partial charge in [-0.2, -0.15) is 0 Å². The lowest BCUT2D eigenvalue weighted by atomic mass is 9.98. The molecular weight excluding hydrogens is 432 g/mol. The molecule has 0 heterocycles. The molecule has 7 heteroatoms. The Kier molecular flexibility index (Phi) is 6.26. The Labute approximate surface area is 199 Å². The fraction of sp³-hybridized carbons (Fsp3) is 0.444. The van der Waals surface area contributed by atoms with Crippen LogP contribution in [0.4, 0.5) is 4.79 Å². The van der Waals surface area contributed by atoms with Gasteiger partial charge in [-0.15, -0.1) is 0 Å². The molecule has 0 spiro atoms. The summed E-state index contributed by atoms with van der Waals surface area (Å²) in [5.41, 5.74) is 4.50. The van der Waals surface area contributed by atoms with Crippen LogP contribution >= 0.6 is 0 Å². The van der Waals surface area contributed by atoms with Crippen LogP contribution < -0.4 is 5.32 Å². The second-order valence-electron chi connectivity index (χ2n) is 9.62. The van der Waals surface area contributed by atoms with Gasteiger partial charge in [0.15, 0.2) is 0 Å². The molecule has 3 aliphatic rings. The van der Waals surface area contributed by atoms with E-state index in [0.29, 0.717) is 12.5 Å². The Bertz CT molecular complexity index is 1050. The number of benzene rings is 2. The number of nitrogens with one attached hydrogen (secondary N) is 1. The first-order valence-electron chi connectivity index (χ1n) is 12.1. The number of carbonyl (C=O) groups excluding carboxylic acids is 2. The molecule has 5 rings (SSSR count). The summed E-state index contributed by atoms with van der Waals surface area (Å²) in [4.78, 5) is 39.1. The molecule has 0 bridgehead atoms. The van der Waals surface area contributed by atoms with Crippen LogP contribution in [0.25, 0.3) is 11.1 Å². The van der Waals surface area contributed by atoms with E-state index in [1.165, 1.54) is 0 Å². The van der Waals surface area contributed by atoms with Gasteiger partial charge in [-0.1, -0.05) is 48.5 Å². The van der Waals surface area contributed by atoms with Crippen molar-refractivity contribution in [3.8, 4) is 11.1 Å². The van der Waals surface area contributed by atoms with Gasteiger partial charge in [0.05, 0.1) is 0 Å². The van der Waals surface area contributed by atoms with E-state index in [2.05, 4.69) is 17.4 Å². The molecule has 2 fully saturated rings. The zero-order valence-corrected chi connectivity index (χ0v) is 19.1. The van der Waals surface area contributed by atoms with E-state index in [-0.39, 0.29) is 37.3 Å². The second kappa shape index (κ2) is 9.49. The molecule has 178 valence electrons. The number of carboxylic acid groups (broad SMARTS) is 1. The number of carboxylic acids is 1. The van der Waals surface area contributed by atoms with Crippen LogP contribution in [0.2, 0.25) is 0 Å². The van der Waals surface area contributed by atoms with Gasteiger partial charge >= 0.3 is 12.1 Å². The highest BCUT2D eigenvalue weighted by Crippen LogP contribution is 2.44. The minimum Gasteiger partial charge on any atom is -0.481 e. The van der Waals surface area contributed by atoms with E-state index in [4.69, 9.17) is 9.84 Å². The van der Waals surface area contributed by atoms with E-state index in [1.807, 2.05) is 41.3 Å². The molecular formula is C27H30N2O5. The summed E-state index contributed by atoms with van der Waals surface area (Å²) in [5, 5.41) is 11.8. The van der Waals surface area contributed by atoms with Gasteiger partial charge in [0.2, 0.25) is 5.91 Å². The summed E-state index contributed by atoms with van der Waals surface area (Å²) < 4.78 is 5.61. The van der Waals surface area contributed by atoms with E-state index >= 15 is 0 Å². The molecule has 2 aromatic rings. The van der Waals surface area contributed by atoms with Gasteiger partial charge in [0.1, 0.15) is 12.6 Å². The molecule has 1 unspecified atom stereocenters. The van der Waals surface area contributed by atoms with E-state index in [0.717, 1.165) is 47.9 Å². The third-order valence-electron chi connectivity index (χ3n) is 7.00. The van der Waals surface area contributed by atoms with Crippen molar-refractivity contribution in [2.45, 2.75) is 56.5 Å². The van der Waals surface area contributed by atoms with Gasteiger partial charge in [-0.05, 0) is 60.3 Å². The molecule has 34 heavy (non-hydrogen) atoms. The number of alkyl carbamates (subject to hydrolysis) is 1. The number of rotatable bonds is 10. The van der Waals surface area contributed by atoms with Crippen molar-refractivity contribution in [1.29, 1.82) is 0 Å². The molecule has 3 aliphatic carbocycles. The lowest BCUT2D eigenvalue weighted by Gasteiger charge is -2.28. The van der Waals surface area contributed by atoms with Crippen LogP contribution in [0.15, 0.2) is 48.5 Å². The van der Waals surface area contributed by atoms with Gasteiger partial charge in [0.25, 0.3) is 0 Å². The number of fused-ring (bicyclic) bond motifs is 3. The number of hydrogen-bond donors (Lipinski definition) is 2. The zero-order chi connectivity index (χ0) is 23.7. The zero-order valence-electron chi connectivity index (χ0n) is 19.1. The van der Waals surface area contributed by atoms with Crippen molar-refractivity contribution in [3.63, 3.8) is 0 Å². The molecule has 2 amide bonds. The van der Waals surface area contributed by atoms with Crippen LogP contribution in [0.1, 0.15) is 55.6 Å². The fourth-order valence-corrected chi connectivity index (χ4v) is 4.89. The van der Waals surface area contributed by atoms with Gasteiger partial charge < -0.3 is 20.1 Å². The lowest BCUT2D eigenvalue weighted by Crippen LogP contribution is -2.50. The molecule has 0 aliphatic heterocycles. The maximum atomic E-state index is 13.3. The minimum absolute atomic E-state index is 0.0479. The van der Waals surface area contributed by atoms with Crippen molar-refractivity contribution >= 4 is 18.0 Å². The highest BCUT2D eigenvalue weighted by atomic mass is 16.5. The third kappa shape index (κ3) is 4.93. The highest BCUT2D eigenvalue weighted by molar-refractivity contribution is 5.87. The Morgan fingerprint density at radius 3 is 2.15 bits per heavy atom. The summed E-state index contributed by atoms with van der Waals surface area (Å²) in [6.45, 7) is 0.841. The number of carbonyl (C=O) groups is 3. The van der Waals surface area contributed by atoms with Crippen molar-refractivity contribution in [2.75, 3.05) is 13.2 Å². The fourth-order valence-electron chi connectivity index (χ4n) is 4.89. The quantitative estimate of drug-likeness (QED) is 0.553. The molecule has 1 atom stereocenters. The smallest absolute Gasteiger partial charge is 0.407 e. The molecule has 0 radical (unpaired) electrons. The van der Waals surface area contributed by atoms with Crippen molar-refractivity contribution in [2.24, 2.45) is 5.92 Å². The van der Waals surface area contributed by atoms with Gasteiger partial charge in [0, 0.05) is 24.9 Å². The summed E-state index contributed by atoms with van der Waals surface area (Å²) >= 11 is 0. The van der Waals surface area contributed by atoms with Crippen molar-refractivity contribution < 1.29 is 24.2 Å². The van der Waals surface area contributed by atoms with Crippen molar-refractivity contribution in [3.05, 3.63) is 59.7 Å². The molecule has 2 aromatic carbocycles. The molecule has 0 saturated heterocycles. The standard InChI is InChI=1S/C27H30N2O5/c30-25(31)14-13-24(26(32)29(18-11-12-18)15-17-9-10-17)28-27(33)34-16-23-21-7-3-1-5-19(21)20-6-2-4-8-22(20)23/h1-8,17-18,23-24H,9-16H2,(H,28,33)(H,30,31). The van der Waals surface area contributed by atoms with Gasteiger partial charge in [-0.3, -0.25) is 9.59 Å². The van der Waals surface area contributed by atoms with E-state index in [1.54, 1.807) is 0 Å². The minimum atomic E-state index is -0.993. The first-order valence-corrected chi connectivity index (χ1v) is 12.1. The SMILES string of the molecule is O=C(O)CCC(NC(=O)OCC1c2ccccc2-c2ccccc21)C(=O)N(CC1CC1)C1CC1. The molecule has 0 aromatic heterocycles. The van der Waals surface area contributed by atoms with Crippen LogP contribution in [0, 0.1) is 5.92 Å². The summed E-state index contributed by atoms with van der Waals surface area (Å²) in [7, 11) is 0. The van der Waals surface area contributed by atoms with Crippen LogP contribution in [0.5, 0.6) is 0 Å². The number of ether oxygens (including phenoxy) is 1. The largest absolute Gasteiger partial charge is 0.481 e. The number of nitrogens with zero attached hydrogens (tertiary/aromatic N) is 1. The molecule has 2 saturated carbocycles. The third-order valence-corrected chi connectivity index (χ3v) is 7.00. The second-order valence-corrected chi connectivity index (χ2v) is 9.62. The molecule has 2 N–H and O–H groups in total. The van der Waals surface area contributed by atoms with E-state index < -0.39 is 18.1 Å². The summed E-state index contributed by atoms with van der Waals surface area (Å²) in [6.07, 6.45) is 3.35. The van der Waals surface area contributed by atoms with Crippen LogP contribution in [-0.4, -0.2) is 53.2 Å². The van der Waals surface area contributed by atoms with Crippen LogP contribution in [0.3, 0.4) is 0 Å². The summed E-state index contributed by atoms with van der Waals surface area (Å²) in [6, 6.07) is 15.5. The Morgan fingerprint density at radius 2 is 1.59 bits per heavy atom. The average Bonchev–Trinajstić information content (AvgIpc) is 3.76. The first-order chi connectivity index (χ1) is 16.5. The topological polar surface area (TPSA) is 95.9 Å². The lowest BCUT2D eigenvalue weighted by molar-refractivity contribution is -0.138. The van der Waals surface area contributed by atoms with Crippen LogP contribution in [-0.2, 0) is 14.3 Å². The molecule has 7 nitrogen and oxygen atoms in total. The number of hydrogen-bond acceptors (Lipinski definition) is 4.